The molecule has 2 aromatic rings. The van der Waals surface area contributed by atoms with Crippen LogP contribution in [0.3, 0.4) is 0 Å². The molecule has 1 saturated carbocycles. The van der Waals surface area contributed by atoms with E-state index in [0.717, 1.165) is 5.56 Å². The number of hydrogen-bond donors (Lipinski definition) is 1. The van der Waals surface area contributed by atoms with Gasteiger partial charge in [0.25, 0.3) is 0 Å². The topological polar surface area (TPSA) is 30.5 Å². The van der Waals surface area contributed by atoms with E-state index in [1.807, 2.05) is 18.2 Å². The van der Waals surface area contributed by atoms with Gasteiger partial charge in [-0.25, -0.2) is 4.39 Å². The van der Waals surface area contributed by atoms with Crippen molar-refractivity contribution in [2.75, 3.05) is 7.11 Å². The third kappa shape index (κ3) is 4.68. The van der Waals surface area contributed by atoms with E-state index in [-0.39, 0.29) is 12.4 Å². The van der Waals surface area contributed by atoms with Gasteiger partial charge >= 0.3 is 0 Å². The van der Waals surface area contributed by atoms with Gasteiger partial charge in [-0.15, -0.1) is 0 Å². The third-order valence-corrected chi connectivity index (χ3v) is 5.24. The van der Waals surface area contributed by atoms with Crippen LogP contribution >= 0.6 is 11.6 Å². The minimum atomic E-state index is -0.366. The SMILES string of the molecule is COc1cccc(CNC2CCCCC2)c1OCc1c(F)cccc1Cl. The summed E-state index contributed by atoms with van der Waals surface area (Å²) in [5.74, 6) is 0.910. The molecule has 1 N–H and O–H groups in total. The van der Waals surface area contributed by atoms with Crippen LogP contribution in [0, 0.1) is 5.82 Å². The zero-order chi connectivity index (χ0) is 18.4. The van der Waals surface area contributed by atoms with Gasteiger partial charge in [0, 0.05) is 23.7 Å². The maximum Gasteiger partial charge on any atom is 0.166 e. The molecule has 0 aromatic heterocycles. The molecule has 0 heterocycles. The standard InChI is InChI=1S/C21H25ClFNO2/c1-25-20-12-5-7-15(13-24-16-8-3-2-4-9-16)21(20)26-14-17-18(22)10-6-11-19(17)23/h5-7,10-12,16,24H,2-4,8-9,13-14H2,1H3. The molecule has 1 fully saturated rings. The maximum atomic E-state index is 14.0. The number of ether oxygens (including phenoxy) is 2. The van der Waals surface area contributed by atoms with Crippen molar-refractivity contribution in [3.05, 3.63) is 58.4 Å². The van der Waals surface area contributed by atoms with E-state index in [1.165, 1.54) is 38.2 Å². The van der Waals surface area contributed by atoms with Crippen LogP contribution in [0.1, 0.15) is 43.2 Å². The Morgan fingerprint density at radius 3 is 2.62 bits per heavy atom. The summed E-state index contributed by atoms with van der Waals surface area (Å²) in [6.45, 7) is 0.754. The number of rotatable bonds is 7. The van der Waals surface area contributed by atoms with Crippen LogP contribution in [0.5, 0.6) is 11.5 Å². The predicted octanol–water partition coefficient (Wildman–Crippen LogP) is 5.49. The summed E-state index contributed by atoms with van der Waals surface area (Å²) < 4.78 is 25.4. The first-order valence-electron chi connectivity index (χ1n) is 9.14. The van der Waals surface area contributed by atoms with E-state index in [4.69, 9.17) is 21.1 Å². The molecule has 0 saturated heterocycles. The summed E-state index contributed by atoms with van der Waals surface area (Å²) in [7, 11) is 1.61. The maximum absolute atomic E-state index is 14.0. The van der Waals surface area contributed by atoms with Crippen LogP contribution in [0.25, 0.3) is 0 Å². The first-order chi connectivity index (χ1) is 12.7. The second-order valence-corrected chi connectivity index (χ2v) is 7.06. The fourth-order valence-corrected chi connectivity index (χ4v) is 3.62. The normalized spacial score (nSPS) is 15.0. The first kappa shape index (κ1) is 19.0. The highest BCUT2D eigenvalue weighted by Gasteiger charge is 2.16. The molecule has 3 rings (SSSR count). The summed E-state index contributed by atoms with van der Waals surface area (Å²) in [6.07, 6.45) is 6.32. The molecular formula is C21H25ClFNO2. The van der Waals surface area contributed by atoms with Gasteiger partial charge in [0.15, 0.2) is 11.5 Å². The Bertz CT molecular complexity index is 712. The number of nitrogens with one attached hydrogen (secondary N) is 1. The highest BCUT2D eigenvalue weighted by Crippen LogP contribution is 2.33. The van der Waals surface area contributed by atoms with Crippen molar-refractivity contribution in [3.63, 3.8) is 0 Å². The van der Waals surface area contributed by atoms with Gasteiger partial charge in [-0.2, -0.15) is 0 Å². The van der Waals surface area contributed by atoms with Gasteiger partial charge < -0.3 is 14.8 Å². The van der Waals surface area contributed by atoms with Crippen molar-refractivity contribution in [1.82, 2.24) is 5.32 Å². The average Bonchev–Trinajstić information content (AvgIpc) is 2.67. The van der Waals surface area contributed by atoms with Crippen molar-refractivity contribution in [3.8, 4) is 11.5 Å². The van der Waals surface area contributed by atoms with E-state index in [2.05, 4.69) is 5.32 Å². The summed E-state index contributed by atoms with van der Waals surface area (Å²) in [4.78, 5) is 0. The Morgan fingerprint density at radius 1 is 1.12 bits per heavy atom. The molecule has 0 spiro atoms. The number of methoxy groups -OCH3 is 1. The molecule has 5 heteroatoms. The van der Waals surface area contributed by atoms with E-state index < -0.39 is 0 Å². The monoisotopic (exact) mass is 377 g/mol. The molecule has 140 valence electrons. The van der Waals surface area contributed by atoms with Gasteiger partial charge in [-0.3, -0.25) is 0 Å². The predicted molar refractivity (Wildman–Crippen MR) is 102 cm³/mol. The molecule has 0 amide bonds. The summed E-state index contributed by atoms with van der Waals surface area (Å²) >= 11 is 6.11. The number of benzene rings is 2. The quantitative estimate of drug-likeness (QED) is 0.692. The van der Waals surface area contributed by atoms with Gasteiger partial charge in [0.05, 0.1) is 12.1 Å². The van der Waals surface area contributed by atoms with Gasteiger partial charge in [0.1, 0.15) is 12.4 Å². The Hall–Kier alpha value is -1.78. The molecule has 2 aromatic carbocycles. The first-order valence-corrected chi connectivity index (χ1v) is 9.51. The van der Waals surface area contributed by atoms with Crippen LogP contribution in [0.15, 0.2) is 36.4 Å². The van der Waals surface area contributed by atoms with Crippen molar-refractivity contribution in [2.24, 2.45) is 0 Å². The molecule has 1 aliphatic carbocycles. The van der Waals surface area contributed by atoms with Crippen LogP contribution in [0.4, 0.5) is 4.39 Å². The third-order valence-electron chi connectivity index (χ3n) is 4.89. The molecule has 1 aliphatic rings. The molecule has 0 bridgehead atoms. The van der Waals surface area contributed by atoms with Gasteiger partial charge in [-0.05, 0) is 31.0 Å². The fraction of sp³-hybridized carbons (Fsp3) is 0.429. The van der Waals surface area contributed by atoms with Crippen LogP contribution in [-0.4, -0.2) is 13.2 Å². The molecular weight excluding hydrogens is 353 g/mol. The molecule has 0 radical (unpaired) electrons. The fourth-order valence-electron chi connectivity index (χ4n) is 3.40. The summed E-state index contributed by atoms with van der Waals surface area (Å²) in [6, 6.07) is 11.0. The Labute approximate surface area is 159 Å². The van der Waals surface area contributed by atoms with Gasteiger partial charge in [0.2, 0.25) is 0 Å². The van der Waals surface area contributed by atoms with E-state index >= 15 is 0 Å². The Kier molecular flexibility index (Phi) is 6.75. The summed E-state index contributed by atoms with van der Waals surface area (Å²) in [5.41, 5.74) is 1.36. The number of hydrogen-bond acceptors (Lipinski definition) is 3. The van der Waals surface area contributed by atoms with Crippen LogP contribution < -0.4 is 14.8 Å². The lowest BCUT2D eigenvalue weighted by Gasteiger charge is -2.24. The minimum absolute atomic E-state index is 0.0578. The molecule has 3 nitrogen and oxygen atoms in total. The molecule has 26 heavy (non-hydrogen) atoms. The number of halogens is 2. The lowest BCUT2D eigenvalue weighted by molar-refractivity contribution is 0.274. The lowest BCUT2D eigenvalue weighted by atomic mass is 9.95. The second kappa shape index (κ2) is 9.24. The van der Waals surface area contributed by atoms with Crippen molar-refractivity contribution < 1.29 is 13.9 Å². The highest BCUT2D eigenvalue weighted by atomic mass is 35.5. The molecule has 0 aliphatic heterocycles. The smallest absolute Gasteiger partial charge is 0.166 e. The van der Waals surface area contributed by atoms with Crippen molar-refractivity contribution in [1.29, 1.82) is 0 Å². The average molecular weight is 378 g/mol. The Balaban J connectivity index is 1.74. The second-order valence-electron chi connectivity index (χ2n) is 6.65. The lowest BCUT2D eigenvalue weighted by Crippen LogP contribution is -2.30. The molecule has 0 atom stereocenters. The van der Waals surface area contributed by atoms with Crippen molar-refractivity contribution in [2.45, 2.75) is 51.3 Å². The largest absolute Gasteiger partial charge is 0.493 e. The summed E-state index contributed by atoms with van der Waals surface area (Å²) in [5, 5.41) is 3.98. The number of para-hydroxylation sites is 1. The highest BCUT2D eigenvalue weighted by molar-refractivity contribution is 6.31. The van der Waals surface area contributed by atoms with E-state index in [9.17, 15) is 4.39 Å². The van der Waals surface area contributed by atoms with Crippen molar-refractivity contribution >= 4 is 11.6 Å². The van der Waals surface area contributed by atoms with Crippen LogP contribution in [-0.2, 0) is 13.2 Å². The Morgan fingerprint density at radius 2 is 1.88 bits per heavy atom. The van der Waals surface area contributed by atoms with Crippen LogP contribution in [0.2, 0.25) is 5.02 Å². The van der Waals surface area contributed by atoms with E-state index in [1.54, 1.807) is 19.2 Å². The van der Waals surface area contributed by atoms with Gasteiger partial charge in [-0.1, -0.05) is 49.1 Å². The zero-order valence-electron chi connectivity index (χ0n) is 15.1. The minimum Gasteiger partial charge on any atom is -0.493 e. The molecule has 0 unspecified atom stereocenters. The zero-order valence-corrected chi connectivity index (χ0v) is 15.8. The van der Waals surface area contributed by atoms with E-state index in [0.29, 0.717) is 34.7 Å².